The highest BCUT2D eigenvalue weighted by Crippen LogP contribution is 2.27. The highest BCUT2D eigenvalue weighted by molar-refractivity contribution is 5.64. The summed E-state index contributed by atoms with van der Waals surface area (Å²) in [5.74, 6) is 0.569. The average Bonchev–Trinajstić information content (AvgIpc) is 2.11. The van der Waals surface area contributed by atoms with Crippen molar-refractivity contribution in [1.82, 2.24) is 0 Å². The second-order valence-electron chi connectivity index (χ2n) is 2.77. The molecule has 0 atom stereocenters. The third-order valence-corrected chi connectivity index (χ3v) is 1.87. The fourth-order valence-electron chi connectivity index (χ4n) is 1.17. The Morgan fingerprint density at radius 3 is 2.54 bits per heavy atom. The molecule has 4 heteroatoms. The summed E-state index contributed by atoms with van der Waals surface area (Å²) in [7, 11) is 1.54. The van der Waals surface area contributed by atoms with Crippen LogP contribution in [0.2, 0.25) is 0 Å². The zero-order valence-electron chi connectivity index (χ0n) is 7.58. The summed E-state index contributed by atoms with van der Waals surface area (Å²) < 4.78 is 4.99. The van der Waals surface area contributed by atoms with Gasteiger partial charge in [0.25, 0.3) is 0 Å². The zero-order chi connectivity index (χ0) is 9.84. The van der Waals surface area contributed by atoms with Gasteiger partial charge < -0.3 is 21.3 Å². The lowest BCUT2D eigenvalue weighted by Crippen LogP contribution is -2.01. The van der Waals surface area contributed by atoms with E-state index in [0.717, 1.165) is 5.56 Å². The van der Waals surface area contributed by atoms with Crippen LogP contribution in [0, 0.1) is 0 Å². The molecule has 0 aliphatic rings. The maximum Gasteiger partial charge on any atom is 0.143 e. The van der Waals surface area contributed by atoms with Crippen molar-refractivity contribution in [2.24, 2.45) is 0 Å². The Morgan fingerprint density at radius 1 is 1.31 bits per heavy atom. The predicted molar refractivity (Wildman–Crippen MR) is 52.6 cm³/mol. The molecule has 0 bridgehead atoms. The first kappa shape index (κ1) is 9.67. The number of hydrogen-bond donors (Lipinski definition) is 3. The SMILES string of the molecule is COc1cc(N)c(CCO)cc1N. The number of anilines is 2. The normalized spacial score (nSPS) is 10.0. The summed E-state index contributed by atoms with van der Waals surface area (Å²) in [6.45, 7) is 0.0654. The molecule has 1 aromatic carbocycles. The van der Waals surface area contributed by atoms with E-state index in [0.29, 0.717) is 23.5 Å². The van der Waals surface area contributed by atoms with Gasteiger partial charge in [0.05, 0.1) is 12.8 Å². The van der Waals surface area contributed by atoms with Crippen molar-refractivity contribution in [2.45, 2.75) is 6.42 Å². The largest absolute Gasteiger partial charge is 0.495 e. The number of aliphatic hydroxyl groups is 1. The van der Waals surface area contributed by atoms with Crippen LogP contribution in [0.4, 0.5) is 11.4 Å². The molecular weight excluding hydrogens is 168 g/mol. The molecule has 0 aliphatic heterocycles. The molecule has 0 saturated carbocycles. The van der Waals surface area contributed by atoms with Gasteiger partial charge in [-0.2, -0.15) is 0 Å². The fraction of sp³-hybridized carbons (Fsp3) is 0.333. The van der Waals surface area contributed by atoms with Crippen molar-refractivity contribution < 1.29 is 9.84 Å². The first-order chi connectivity index (χ1) is 6.19. The number of benzene rings is 1. The molecule has 0 aliphatic carbocycles. The molecule has 72 valence electrons. The molecule has 13 heavy (non-hydrogen) atoms. The second kappa shape index (κ2) is 4.00. The topological polar surface area (TPSA) is 81.5 Å². The van der Waals surface area contributed by atoms with Gasteiger partial charge in [-0.1, -0.05) is 0 Å². The van der Waals surface area contributed by atoms with Gasteiger partial charge in [-0.3, -0.25) is 0 Å². The number of ether oxygens (including phenoxy) is 1. The molecule has 0 radical (unpaired) electrons. The van der Waals surface area contributed by atoms with Gasteiger partial charge in [-0.05, 0) is 18.1 Å². The third-order valence-electron chi connectivity index (χ3n) is 1.87. The van der Waals surface area contributed by atoms with Crippen LogP contribution in [-0.2, 0) is 6.42 Å². The molecule has 0 heterocycles. The number of aliphatic hydroxyl groups excluding tert-OH is 1. The van der Waals surface area contributed by atoms with E-state index >= 15 is 0 Å². The molecule has 0 saturated heterocycles. The second-order valence-corrected chi connectivity index (χ2v) is 2.77. The van der Waals surface area contributed by atoms with Gasteiger partial charge in [-0.15, -0.1) is 0 Å². The van der Waals surface area contributed by atoms with E-state index in [2.05, 4.69) is 0 Å². The standard InChI is InChI=1S/C9H14N2O2/c1-13-9-5-7(10)6(2-3-12)4-8(9)11/h4-5,12H,2-3,10-11H2,1H3. The Balaban J connectivity index is 3.05. The van der Waals surface area contributed by atoms with E-state index in [9.17, 15) is 0 Å². The predicted octanol–water partition coefficient (Wildman–Crippen LogP) is 0.394. The summed E-state index contributed by atoms with van der Waals surface area (Å²) in [6, 6.07) is 3.39. The molecule has 0 aromatic heterocycles. The molecule has 5 N–H and O–H groups in total. The fourth-order valence-corrected chi connectivity index (χ4v) is 1.17. The van der Waals surface area contributed by atoms with Crippen LogP contribution in [-0.4, -0.2) is 18.8 Å². The Kier molecular flexibility index (Phi) is 2.97. The van der Waals surface area contributed by atoms with Crippen LogP contribution in [0.25, 0.3) is 0 Å². The van der Waals surface area contributed by atoms with E-state index in [1.165, 1.54) is 7.11 Å². The van der Waals surface area contributed by atoms with E-state index in [4.69, 9.17) is 21.3 Å². The van der Waals surface area contributed by atoms with Crippen molar-refractivity contribution >= 4 is 11.4 Å². The summed E-state index contributed by atoms with van der Waals surface area (Å²) in [6.07, 6.45) is 0.514. The van der Waals surface area contributed by atoms with Crippen molar-refractivity contribution in [3.63, 3.8) is 0 Å². The van der Waals surface area contributed by atoms with Crippen molar-refractivity contribution in [3.8, 4) is 5.75 Å². The van der Waals surface area contributed by atoms with Gasteiger partial charge in [0, 0.05) is 18.4 Å². The molecule has 0 amide bonds. The Morgan fingerprint density at radius 2 is 2.00 bits per heavy atom. The quantitative estimate of drug-likeness (QED) is 0.591. The molecule has 4 nitrogen and oxygen atoms in total. The maximum atomic E-state index is 8.73. The molecular formula is C9H14N2O2. The third kappa shape index (κ3) is 2.03. The summed E-state index contributed by atoms with van der Waals surface area (Å²) >= 11 is 0. The highest BCUT2D eigenvalue weighted by Gasteiger charge is 2.04. The summed E-state index contributed by atoms with van der Waals surface area (Å²) in [5, 5.41) is 8.73. The average molecular weight is 182 g/mol. The van der Waals surface area contributed by atoms with Gasteiger partial charge in [0.2, 0.25) is 0 Å². The van der Waals surface area contributed by atoms with Crippen LogP contribution in [0.3, 0.4) is 0 Å². The molecule has 1 aromatic rings. The van der Waals surface area contributed by atoms with E-state index < -0.39 is 0 Å². The monoisotopic (exact) mass is 182 g/mol. The van der Waals surface area contributed by atoms with Crippen LogP contribution in [0.1, 0.15) is 5.56 Å². The van der Waals surface area contributed by atoms with Crippen LogP contribution in [0.15, 0.2) is 12.1 Å². The van der Waals surface area contributed by atoms with E-state index in [1.54, 1.807) is 12.1 Å². The summed E-state index contributed by atoms with van der Waals surface area (Å²) in [5.41, 5.74) is 13.4. The van der Waals surface area contributed by atoms with Crippen LogP contribution in [0.5, 0.6) is 5.75 Å². The smallest absolute Gasteiger partial charge is 0.143 e. The Bertz CT molecular complexity index is 300. The first-order valence-electron chi connectivity index (χ1n) is 4.01. The van der Waals surface area contributed by atoms with Gasteiger partial charge in [0.15, 0.2) is 0 Å². The van der Waals surface area contributed by atoms with Crippen molar-refractivity contribution in [3.05, 3.63) is 17.7 Å². The van der Waals surface area contributed by atoms with Gasteiger partial charge in [0.1, 0.15) is 5.75 Å². The lowest BCUT2D eigenvalue weighted by molar-refractivity contribution is 0.300. The molecule has 1 rings (SSSR count). The lowest BCUT2D eigenvalue weighted by Gasteiger charge is -2.09. The highest BCUT2D eigenvalue weighted by atomic mass is 16.5. The molecule has 0 spiro atoms. The van der Waals surface area contributed by atoms with E-state index in [-0.39, 0.29) is 6.61 Å². The molecule has 0 unspecified atom stereocenters. The Hall–Kier alpha value is -1.42. The number of rotatable bonds is 3. The number of nitrogens with two attached hydrogens (primary N) is 2. The maximum absolute atomic E-state index is 8.73. The minimum Gasteiger partial charge on any atom is -0.495 e. The van der Waals surface area contributed by atoms with Crippen molar-refractivity contribution in [2.75, 3.05) is 25.2 Å². The minimum absolute atomic E-state index is 0.0654. The van der Waals surface area contributed by atoms with E-state index in [1.807, 2.05) is 0 Å². The van der Waals surface area contributed by atoms with Crippen molar-refractivity contribution in [1.29, 1.82) is 0 Å². The van der Waals surface area contributed by atoms with Crippen LogP contribution >= 0.6 is 0 Å². The number of nitrogen functional groups attached to an aromatic ring is 2. The minimum atomic E-state index is 0.0654. The lowest BCUT2D eigenvalue weighted by atomic mass is 10.1. The van der Waals surface area contributed by atoms with Crippen LogP contribution < -0.4 is 16.2 Å². The summed E-state index contributed by atoms with van der Waals surface area (Å²) in [4.78, 5) is 0. The number of methoxy groups -OCH3 is 1. The zero-order valence-corrected chi connectivity index (χ0v) is 7.58. The molecule has 0 fully saturated rings. The number of hydrogen-bond acceptors (Lipinski definition) is 4. The first-order valence-corrected chi connectivity index (χ1v) is 4.01. The van der Waals surface area contributed by atoms with Gasteiger partial charge >= 0.3 is 0 Å². The van der Waals surface area contributed by atoms with Gasteiger partial charge in [-0.25, -0.2) is 0 Å². The Labute approximate surface area is 77.1 Å².